The van der Waals surface area contributed by atoms with Crippen LogP contribution in [0.5, 0.6) is 0 Å². The third kappa shape index (κ3) is 3.16. The molecule has 0 unspecified atom stereocenters. The van der Waals surface area contributed by atoms with E-state index in [1.807, 2.05) is 0 Å². The molecule has 17 heavy (non-hydrogen) atoms. The molecular formula is C10H18N6O. The van der Waals surface area contributed by atoms with Crippen molar-refractivity contribution in [2.75, 3.05) is 48.8 Å². The fourth-order valence-electron chi connectivity index (χ4n) is 1.60. The van der Waals surface area contributed by atoms with Crippen molar-refractivity contribution in [2.45, 2.75) is 13.3 Å². The second kappa shape index (κ2) is 5.62. The van der Waals surface area contributed by atoms with Crippen molar-refractivity contribution in [3.8, 4) is 0 Å². The normalized spacial score (nSPS) is 15.9. The summed E-state index contributed by atoms with van der Waals surface area (Å²) in [5.41, 5.74) is 5.68. The van der Waals surface area contributed by atoms with Crippen molar-refractivity contribution in [2.24, 2.45) is 0 Å². The molecule has 1 fully saturated rings. The minimum absolute atomic E-state index is 0.250. The fourth-order valence-corrected chi connectivity index (χ4v) is 1.60. The Morgan fingerprint density at radius 3 is 2.76 bits per heavy atom. The number of anilines is 3. The van der Waals surface area contributed by atoms with Crippen LogP contribution in [-0.2, 0) is 4.74 Å². The summed E-state index contributed by atoms with van der Waals surface area (Å²) in [6.45, 7) is 5.88. The highest BCUT2D eigenvalue weighted by Crippen LogP contribution is 2.13. The monoisotopic (exact) mass is 238 g/mol. The third-order valence-corrected chi connectivity index (χ3v) is 2.47. The van der Waals surface area contributed by atoms with E-state index >= 15 is 0 Å². The van der Waals surface area contributed by atoms with Gasteiger partial charge >= 0.3 is 0 Å². The van der Waals surface area contributed by atoms with E-state index in [-0.39, 0.29) is 5.95 Å². The van der Waals surface area contributed by atoms with Crippen LogP contribution in [0.3, 0.4) is 0 Å². The standard InChI is InChI=1S/C10H18N6O/c1-2-3-12-9-13-8(11)14-10(15-9)16-4-6-17-7-5-16/h2-7H2,1H3,(H3,11,12,13,14,15). The zero-order valence-corrected chi connectivity index (χ0v) is 10.0. The molecule has 1 aliphatic heterocycles. The van der Waals surface area contributed by atoms with Crippen molar-refractivity contribution in [3.63, 3.8) is 0 Å². The van der Waals surface area contributed by atoms with Crippen LogP contribution in [0.2, 0.25) is 0 Å². The maximum atomic E-state index is 5.68. The first kappa shape index (κ1) is 11.8. The van der Waals surface area contributed by atoms with E-state index in [4.69, 9.17) is 10.5 Å². The first-order chi connectivity index (χ1) is 8.29. The highest BCUT2D eigenvalue weighted by Gasteiger charge is 2.15. The van der Waals surface area contributed by atoms with Gasteiger partial charge in [-0.1, -0.05) is 6.92 Å². The lowest BCUT2D eigenvalue weighted by Gasteiger charge is -2.26. The SMILES string of the molecule is CCCNc1nc(N)nc(N2CCOCC2)n1. The van der Waals surface area contributed by atoms with Gasteiger partial charge in [0.1, 0.15) is 0 Å². The molecule has 3 N–H and O–H groups in total. The summed E-state index contributed by atoms with van der Waals surface area (Å²) in [6, 6.07) is 0. The van der Waals surface area contributed by atoms with Gasteiger partial charge in [0.05, 0.1) is 13.2 Å². The molecule has 0 amide bonds. The largest absolute Gasteiger partial charge is 0.378 e. The molecular weight excluding hydrogens is 220 g/mol. The topological polar surface area (TPSA) is 89.2 Å². The first-order valence-corrected chi connectivity index (χ1v) is 5.87. The van der Waals surface area contributed by atoms with Gasteiger partial charge in [-0.25, -0.2) is 0 Å². The molecule has 0 atom stereocenters. The number of nitrogens with two attached hydrogens (primary N) is 1. The second-order valence-electron chi connectivity index (χ2n) is 3.84. The zero-order valence-electron chi connectivity index (χ0n) is 10.0. The van der Waals surface area contributed by atoms with Gasteiger partial charge in [-0.3, -0.25) is 0 Å². The first-order valence-electron chi connectivity index (χ1n) is 5.87. The second-order valence-corrected chi connectivity index (χ2v) is 3.84. The Kier molecular flexibility index (Phi) is 3.92. The van der Waals surface area contributed by atoms with E-state index in [1.165, 1.54) is 0 Å². The van der Waals surface area contributed by atoms with E-state index in [0.717, 1.165) is 26.1 Å². The van der Waals surface area contributed by atoms with E-state index in [2.05, 4.69) is 32.1 Å². The molecule has 7 heteroatoms. The summed E-state index contributed by atoms with van der Waals surface area (Å²) in [6.07, 6.45) is 1.01. The summed E-state index contributed by atoms with van der Waals surface area (Å²) in [5.74, 6) is 1.42. The molecule has 1 aliphatic rings. The Balaban J connectivity index is 2.12. The molecule has 2 heterocycles. The number of nitrogens with one attached hydrogen (secondary N) is 1. The van der Waals surface area contributed by atoms with Crippen LogP contribution in [0, 0.1) is 0 Å². The third-order valence-electron chi connectivity index (χ3n) is 2.47. The lowest BCUT2D eigenvalue weighted by molar-refractivity contribution is 0.122. The molecule has 0 bridgehead atoms. The maximum Gasteiger partial charge on any atom is 0.232 e. The van der Waals surface area contributed by atoms with Crippen LogP contribution >= 0.6 is 0 Å². The Hall–Kier alpha value is -1.63. The van der Waals surface area contributed by atoms with Gasteiger partial charge in [-0.15, -0.1) is 0 Å². The van der Waals surface area contributed by atoms with Gasteiger partial charge in [0, 0.05) is 19.6 Å². The highest BCUT2D eigenvalue weighted by molar-refractivity contribution is 5.42. The predicted molar refractivity (Wildman–Crippen MR) is 66.1 cm³/mol. The lowest BCUT2D eigenvalue weighted by Crippen LogP contribution is -2.37. The van der Waals surface area contributed by atoms with Crippen LogP contribution in [0.4, 0.5) is 17.8 Å². The van der Waals surface area contributed by atoms with Gasteiger partial charge < -0.3 is 20.7 Å². The number of hydrogen-bond donors (Lipinski definition) is 2. The average Bonchev–Trinajstić information content (AvgIpc) is 2.37. The van der Waals surface area contributed by atoms with Crippen molar-refractivity contribution in [1.29, 1.82) is 0 Å². The van der Waals surface area contributed by atoms with Gasteiger partial charge in [0.15, 0.2) is 0 Å². The van der Waals surface area contributed by atoms with Gasteiger partial charge in [0.25, 0.3) is 0 Å². The van der Waals surface area contributed by atoms with E-state index < -0.39 is 0 Å². The molecule has 1 saturated heterocycles. The highest BCUT2D eigenvalue weighted by atomic mass is 16.5. The summed E-state index contributed by atoms with van der Waals surface area (Å²) >= 11 is 0. The Labute approximate surface area is 100 Å². The fraction of sp³-hybridized carbons (Fsp3) is 0.700. The van der Waals surface area contributed by atoms with Crippen molar-refractivity contribution in [1.82, 2.24) is 15.0 Å². The Morgan fingerprint density at radius 1 is 1.29 bits per heavy atom. The predicted octanol–water partition coefficient (Wildman–Crippen LogP) is 0.112. The molecule has 0 aromatic carbocycles. The van der Waals surface area contributed by atoms with Crippen molar-refractivity contribution < 1.29 is 4.74 Å². The number of rotatable bonds is 4. The molecule has 0 spiro atoms. The van der Waals surface area contributed by atoms with Crippen LogP contribution in [0.15, 0.2) is 0 Å². The number of nitrogen functional groups attached to an aromatic ring is 1. The number of nitrogens with zero attached hydrogens (tertiary/aromatic N) is 4. The molecule has 0 aliphatic carbocycles. The van der Waals surface area contributed by atoms with Gasteiger partial charge in [-0.05, 0) is 6.42 Å². The van der Waals surface area contributed by atoms with Crippen LogP contribution in [-0.4, -0.2) is 47.8 Å². The minimum Gasteiger partial charge on any atom is -0.378 e. The van der Waals surface area contributed by atoms with Crippen LogP contribution in [0.1, 0.15) is 13.3 Å². The number of morpholine rings is 1. The van der Waals surface area contributed by atoms with Gasteiger partial charge in [0.2, 0.25) is 17.8 Å². The summed E-state index contributed by atoms with van der Waals surface area (Å²) < 4.78 is 5.29. The Morgan fingerprint density at radius 2 is 2.06 bits per heavy atom. The molecule has 94 valence electrons. The summed E-state index contributed by atoms with van der Waals surface area (Å²) in [5, 5.41) is 3.11. The van der Waals surface area contributed by atoms with E-state index in [9.17, 15) is 0 Å². The molecule has 0 radical (unpaired) electrons. The molecule has 1 aromatic heterocycles. The number of ether oxygens (including phenoxy) is 1. The van der Waals surface area contributed by atoms with E-state index in [1.54, 1.807) is 0 Å². The molecule has 0 saturated carbocycles. The molecule has 7 nitrogen and oxygen atoms in total. The summed E-state index contributed by atoms with van der Waals surface area (Å²) in [4.78, 5) is 14.6. The average molecular weight is 238 g/mol. The minimum atomic E-state index is 0.250. The van der Waals surface area contributed by atoms with Crippen LogP contribution in [0.25, 0.3) is 0 Å². The van der Waals surface area contributed by atoms with Crippen LogP contribution < -0.4 is 16.0 Å². The molecule has 1 aromatic rings. The van der Waals surface area contributed by atoms with E-state index in [0.29, 0.717) is 25.1 Å². The quantitative estimate of drug-likeness (QED) is 0.769. The van der Waals surface area contributed by atoms with Gasteiger partial charge in [-0.2, -0.15) is 15.0 Å². The Bertz CT molecular complexity index is 366. The molecule has 2 rings (SSSR count). The zero-order chi connectivity index (χ0) is 12.1. The summed E-state index contributed by atoms with van der Waals surface area (Å²) in [7, 11) is 0. The number of aromatic nitrogens is 3. The van der Waals surface area contributed by atoms with Crippen molar-refractivity contribution >= 4 is 17.8 Å². The maximum absolute atomic E-state index is 5.68. The number of hydrogen-bond acceptors (Lipinski definition) is 7. The smallest absolute Gasteiger partial charge is 0.232 e. The van der Waals surface area contributed by atoms with Crippen molar-refractivity contribution in [3.05, 3.63) is 0 Å². The lowest BCUT2D eigenvalue weighted by atomic mass is 10.4.